The molecule has 0 saturated heterocycles. The van der Waals surface area contributed by atoms with Crippen LogP contribution in [0.4, 0.5) is 4.39 Å². The monoisotopic (exact) mass is 262 g/mol. The van der Waals surface area contributed by atoms with Crippen molar-refractivity contribution in [2.45, 2.75) is 39.7 Å². The molecule has 1 rings (SSSR count). The molecule has 0 aliphatic carbocycles. The summed E-state index contributed by atoms with van der Waals surface area (Å²) in [7, 11) is 0. The van der Waals surface area contributed by atoms with Crippen molar-refractivity contribution < 1.29 is 9.18 Å². The Morgan fingerprint density at radius 3 is 2.74 bits per heavy atom. The maximum absolute atomic E-state index is 13.5. The number of nitrogens with one attached hydrogen (secondary N) is 1. The lowest BCUT2D eigenvalue weighted by molar-refractivity contribution is -0.124. The molecule has 0 bridgehead atoms. The summed E-state index contributed by atoms with van der Waals surface area (Å²) in [5.74, 6) is -1.22. The van der Waals surface area contributed by atoms with E-state index >= 15 is 0 Å². The molecular formula is C15H19FN2O. The van der Waals surface area contributed by atoms with E-state index in [1.54, 1.807) is 26.0 Å². The maximum Gasteiger partial charge on any atom is 0.237 e. The molecule has 0 aromatic heterocycles. The molecule has 0 saturated carbocycles. The predicted molar refractivity (Wildman–Crippen MR) is 71.7 cm³/mol. The summed E-state index contributed by atoms with van der Waals surface area (Å²) in [6.07, 6.45) is 1.32. The topological polar surface area (TPSA) is 52.9 Å². The Morgan fingerprint density at radius 1 is 1.53 bits per heavy atom. The number of carbonyl (C=O) groups excluding carboxylic acids is 1. The van der Waals surface area contributed by atoms with E-state index in [2.05, 4.69) is 5.32 Å². The van der Waals surface area contributed by atoms with Gasteiger partial charge in [-0.25, -0.2) is 4.39 Å². The Hall–Kier alpha value is -1.89. The highest BCUT2D eigenvalue weighted by Crippen LogP contribution is 2.17. The largest absolute Gasteiger partial charge is 0.348 e. The molecule has 1 aromatic rings. The lowest BCUT2D eigenvalue weighted by Crippen LogP contribution is -2.32. The zero-order valence-electron chi connectivity index (χ0n) is 11.5. The second-order valence-corrected chi connectivity index (χ2v) is 4.71. The van der Waals surface area contributed by atoms with E-state index in [9.17, 15) is 9.18 Å². The van der Waals surface area contributed by atoms with Gasteiger partial charge in [0, 0.05) is 0 Å². The fraction of sp³-hybridized carbons (Fsp3) is 0.467. The third kappa shape index (κ3) is 4.06. The van der Waals surface area contributed by atoms with Gasteiger partial charge in [-0.1, -0.05) is 25.5 Å². The molecule has 1 N–H and O–H groups in total. The van der Waals surface area contributed by atoms with Gasteiger partial charge in [0.15, 0.2) is 0 Å². The van der Waals surface area contributed by atoms with Crippen molar-refractivity contribution in [3.05, 3.63) is 35.1 Å². The van der Waals surface area contributed by atoms with Gasteiger partial charge in [-0.15, -0.1) is 0 Å². The average Bonchev–Trinajstić information content (AvgIpc) is 2.38. The summed E-state index contributed by atoms with van der Waals surface area (Å²) in [6.45, 7) is 5.40. The quantitative estimate of drug-likeness (QED) is 0.885. The molecule has 0 aliphatic rings. The number of hydrogen-bond donors (Lipinski definition) is 1. The van der Waals surface area contributed by atoms with Gasteiger partial charge in [0.1, 0.15) is 11.7 Å². The predicted octanol–water partition coefficient (Wildman–Crippen LogP) is 3.25. The normalized spacial score (nSPS) is 13.4. The highest BCUT2D eigenvalue weighted by Gasteiger charge is 2.19. The summed E-state index contributed by atoms with van der Waals surface area (Å²) in [5, 5.41) is 11.7. The first-order valence-corrected chi connectivity index (χ1v) is 6.45. The van der Waals surface area contributed by atoms with E-state index in [4.69, 9.17) is 5.26 Å². The van der Waals surface area contributed by atoms with Gasteiger partial charge in [0.05, 0.1) is 12.1 Å². The van der Waals surface area contributed by atoms with E-state index in [0.29, 0.717) is 17.5 Å². The molecule has 19 heavy (non-hydrogen) atoms. The van der Waals surface area contributed by atoms with Crippen LogP contribution in [-0.4, -0.2) is 5.91 Å². The van der Waals surface area contributed by atoms with Gasteiger partial charge in [-0.05, 0) is 37.5 Å². The molecule has 2 unspecified atom stereocenters. The number of carbonyl (C=O) groups is 1. The van der Waals surface area contributed by atoms with Gasteiger partial charge >= 0.3 is 0 Å². The second-order valence-electron chi connectivity index (χ2n) is 4.71. The van der Waals surface area contributed by atoms with Crippen LogP contribution in [-0.2, 0) is 4.79 Å². The third-order valence-electron chi connectivity index (χ3n) is 3.10. The minimum atomic E-state index is -0.636. The summed E-state index contributed by atoms with van der Waals surface area (Å²) in [4.78, 5) is 11.9. The van der Waals surface area contributed by atoms with E-state index in [1.165, 1.54) is 6.07 Å². The molecule has 0 spiro atoms. The molecule has 0 aliphatic heterocycles. The summed E-state index contributed by atoms with van der Waals surface area (Å²) in [5.41, 5.74) is 1.27. The maximum atomic E-state index is 13.5. The van der Waals surface area contributed by atoms with Gasteiger partial charge < -0.3 is 5.32 Å². The first kappa shape index (κ1) is 15.2. The zero-order valence-corrected chi connectivity index (χ0v) is 11.5. The number of nitrogens with zero attached hydrogens (tertiary/aromatic N) is 1. The summed E-state index contributed by atoms with van der Waals surface area (Å²) < 4.78 is 13.5. The molecule has 2 atom stereocenters. The number of nitriles is 1. The van der Waals surface area contributed by atoms with Crippen LogP contribution >= 0.6 is 0 Å². The van der Waals surface area contributed by atoms with Crippen molar-refractivity contribution in [2.75, 3.05) is 0 Å². The molecule has 0 radical (unpaired) electrons. The van der Waals surface area contributed by atoms with Crippen molar-refractivity contribution in [3.8, 4) is 6.07 Å². The summed E-state index contributed by atoms with van der Waals surface area (Å²) >= 11 is 0. The van der Waals surface area contributed by atoms with Crippen LogP contribution in [0.3, 0.4) is 0 Å². The Balaban J connectivity index is 2.73. The van der Waals surface area contributed by atoms with Crippen LogP contribution in [0.1, 0.15) is 43.9 Å². The smallest absolute Gasteiger partial charge is 0.237 e. The molecule has 102 valence electrons. The van der Waals surface area contributed by atoms with Crippen LogP contribution in [0.25, 0.3) is 0 Å². The van der Waals surface area contributed by atoms with Crippen LogP contribution in [0, 0.1) is 30.0 Å². The number of halogens is 1. The minimum Gasteiger partial charge on any atom is -0.348 e. The fourth-order valence-corrected chi connectivity index (χ4v) is 1.82. The Labute approximate surface area is 113 Å². The van der Waals surface area contributed by atoms with Crippen molar-refractivity contribution in [3.63, 3.8) is 0 Å². The van der Waals surface area contributed by atoms with Crippen molar-refractivity contribution in [2.24, 2.45) is 5.92 Å². The zero-order chi connectivity index (χ0) is 14.4. The molecule has 3 nitrogen and oxygen atoms in total. The van der Waals surface area contributed by atoms with Crippen molar-refractivity contribution in [1.29, 1.82) is 5.26 Å². The first-order chi connectivity index (χ1) is 8.99. The highest BCUT2D eigenvalue weighted by atomic mass is 19.1. The average molecular weight is 262 g/mol. The van der Waals surface area contributed by atoms with Gasteiger partial charge in [-0.2, -0.15) is 5.26 Å². The fourth-order valence-electron chi connectivity index (χ4n) is 1.82. The number of rotatable bonds is 5. The SMILES string of the molecule is CCCC(C#N)C(=O)NC(C)c1ccc(C)c(F)c1. The number of benzene rings is 1. The molecule has 4 heteroatoms. The Morgan fingerprint density at radius 2 is 2.21 bits per heavy atom. The number of hydrogen-bond acceptors (Lipinski definition) is 2. The molecule has 1 aromatic carbocycles. The van der Waals surface area contributed by atoms with E-state index in [0.717, 1.165) is 6.42 Å². The number of amides is 1. The van der Waals surface area contributed by atoms with E-state index in [-0.39, 0.29) is 17.8 Å². The molecule has 0 fully saturated rings. The van der Waals surface area contributed by atoms with Crippen molar-refractivity contribution >= 4 is 5.91 Å². The van der Waals surface area contributed by atoms with Gasteiger partial charge in [-0.3, -0.25) is 4.79 Å². The summed E-state index contributed by atoms with van der Waals surface area (Å²) in [6, 6.07) is 6.57. The minimum absolute atomic E-state index is 0.288. The van der Waals surface area contributed by atoms with Crippen LogP contribution in [0.15, 0.2) is 18.2 Å². The van der Waals surface area contributed by atoms with Gasteiger partial charge in [0.25, 0.3) is 0 Å². The molecule has 1 amide bonds. The second kappa shape index (κ2) is 6.89. The lowest BCUT2D eigenvalue weighted by atomic mass is 10.0. The number of aryl methyl sites for hydroxylation is 1. The van der Waals surface area contributed by atoms with E-state index in [1.807, 2.05) is 13.0 Å². The Bertz CT molecular complexity index is 493. The molecule has 0 heterocycles. The van der Waals surface area contributed by atoms with Gasteiger partial charge in [0.2, 0.25) is 5.91 Å². The van der Waals surface area contributed by atoms with E-state index < -0.39 is 5.92 Å². The van der Waals surface area contributed by atoms with Crippen LogP contribution in [0.5, 0.6) is 0 Å². The molecular weight excluding hydrogens is 243 g/mol. The third-order valence-corrected chi connectivity index (χ3v) is 3.10. The Kier molecular flexibility index (Phi) is 5.50. The van der Waals surface area contributed by atoms with Crippen molar-refractivity contribution in [1.82, 2.24) is 5.32 Å². The highest BCUT2D eigenvalue weighted by molar-refractivity contribution is 5.81. The lowest BCUT2D eigenvalue weighted by Gasteiger charge is -2.17. The first-order valence-electron chi connectivity index (χ1n) is 6.45. The van der Waals surface area contributed by atoms with Crippen LogP contribution in [0.2, 0.25) is 0 Å². The standard InChI is InChI=1S/C15H19FN2O/c1-4-5-13(9-17)15(19)18-11(3)12-7-6-10(2)14(16)8-12/h6-8,11,13H,4-5H2,1-3H3,(H,18,19). The van der Waals surface area contributed by atoms with Crippen LogP contribution < -0.4 is 5.32 Å².